The Balaban J connectivity index is 3.02. The smallest absolute Gasteiger partial charge is 0.387 e. The second-order valence-electron chi connectivity index (χ2n) is 3.00. The minimum absolute atomic E-state index is 0.0850. The molecule has 1 atom stereocenters. The molecule has 0 saturated carbocycles. The van der Waals surface area contributed by atoms with Crippen molar-refractivity contribution in [3.63, 3.8) is 0 Å². The molecule has 1 aromatic rings. The molecule has 0 saturated heterocycles. The molecule has 1 rings (SSSR count). The van der Waals surface area contributed by atoms with Gasteiger partial charge in [-0.1, -0.05) is 0 Å². The van der Waals surface area contributed by atoms with Crippen LogP contribution >= 0.6 is 27.5 Å². The van der Waals surface area contributed by atoms with Crippen molar-refractivity contribution < 1.29 is 18.3 Å². The molecular formula is C10H8BrClF2O2. The molecule has 6 heteroatoms. The Labute approximate surface area is 105 Å². The number of halogens is 4. The summed E-state index contributed by atoms with van der Waals surface area (Å²) in [6, 6.07) is 4.19. The lowest BCUT2D eigenvalue weighted by molar-refractivity contribution is -0.0503. The largest absolute Gasteiger partial charge is 0.434 e. The first-order valence-corrected chi connectivity index (χ1v) is 5.57. The maximum Gasteiger partial charge on any atom is 0.387 e. The summed E-state index contributed by atoms with van der Waals surface area (Å²) in [5, 5.41) is -0.708. The molecule has 0 bridgehead atoms. The summed E-state index contributed by atoms with van der Waals surface area (Å²) >= 11 is 8.65. The molecule has 0 N–H and O–H groups in total. The summed E-state index contributed by atoms with van der Waals surface area (Å²) in [5.74, 6) is -0.425. The highest BCUT2D eigenvalue weighted by atomic mass is 79.9. The van der Waals surface area contributed by atoms with Crippen molar-refractivity contribution in [3.8, 4) is 5.75 Å². The molecular weight excluding hydrogens is 305 g/mol. The Bertz CT molecular complexity index is 396. The average Bonchev–Trinajstić information content (AvgIpc) is 2.19. The van der Waals surface area contributed by atoms with Crippen molar-refractivity contribution in [2.75, 3.05) is 0 Å². The minimum atomic E-state index is -2.94. The molecule has 16 heavy (non-hydrogen) atoms. The fraction of sp³-hybridized carbons (Fsp3) is 0.300. The number of carbonyl (C=O) groups is 1. The minimum Gasteiger partial charge on any atom is -0.434 e. The Morgan fingerprint density at radius 1 is 1.50 bits per heavy atom. The zero-order valence-corrected chi connectivity index (χ0v) is 10.6. The van der Waals surface area contributed by atoms with Crippen LogP contribution in [-0.2, 0) is 0 Å². The van der Waals surface area contributed by atoms with E-state index in [9.17, 15) is 13.6 Å². The van der Waals surface area contributed by atoms with E-state index in [4.69, 9.17) is 11.6 Å². The van der Waals surface area contributed by atoms with Gasteiger partial charge in [-0.2, -0.15) is 8.78 Å². The molecule has 2 nitrogen and oxygen atoms in total. The van der Waals surface area contributed by atoms with Gasteiger partial charge in [-0.3, -0.25) is 4.79 Å². The van der Waals surface area contributed by atoms with Crippen LogP contribution in [0.3, 0.4) is 0 Å². The molecule has 0 aliphatic rings. The SMILES string of the molecule is CC(Cl)C(=O)c1ccc(Br)c(OC(F)F)c1. The van der Waals surface area contributed by atoms with Crippen LogP contribution in [0.4, 0.5) is 8.78 Å². The molecule has 1 aromatic carbocycles. The van der Waals surface area contributed by atoms with E-state index in [1.165, 1.54) is 25.1 Å². The Kier molecular flexibility index (Phi) is 4.68. The molecule has 0 radical (unpaired) electrons. The highest BCUT2D eigenvalue weighted by Gasteiger charge is 2.15. The van der Waals surface area contributed by atoms with Gasteiger partial charge in [0.1, 0.15) is 5.75 Å². The van der Waals surface area contributed by atoms with E-state index in [1.807, 2.05) is 0 Å². The number of rotatable bonds is 4. The lowest BCUT2D eigenvalue weighted by Gasteiger charge is -2.09. The molecule has 1 unspecified atom stereocenters. The maximum absolute atomic E-state index is 12.0. The third-order valence-electron chi connectivity index (χ3n) is 1.79. The van der Waals surface area contributed by atoms with Crippen molar-refractivity contribution in [2.24, 2.45) is 0 Å². The van der Waals surface area contributed by atoms with Gasteiger partial charge < -0.3 is 4.74 Å². The fourth-order valence-electron chi connectivity index (χ4n) is 1.07. The third-order valence-corrected chi connectivity index (χ3v) is 2.65. The van der Waals surface area contributed by atoms with Crippen LogP contribution in [0.1, 0.15) is 17.3 Å². The second-order valence-corrected chi connectivity index (χ2v) is 4.51. The molecule has 0 aliphatic carbocycles. The standard InChI is InChI=1S/C10H8BrClF2O2/c1-5(12)9(15)6-2-3-7(11)8(4-6)16-10(13)14/h2-5,10H,1H3. The van der Waals surface area contributed by atoms with Crippen molar-refractivity contribution in [2.45, 2.75) is 18.9 Å². The van der Waals surface area contributed by atoms with Crippen LogP contribution in [0.25, 0.3) is 0 Å². The first kappa shape index (κ1) is 13.4. The molecule has 0 heterocycles. The molecule has 88 valence electrons. The Morgan fingerprint density at radius 3 is 2.62 bits per heavy atom. The van der Waals surface area contributed by atoms with E-state index >= 15 is 0 Å². The Morgan fingerprint density at radius 2 is 2.12 bits per heavy atom. The van der Waals surface area contributed by atoms with Gasteiger partial charge in [-0.25, -0.2) is 0 Å². The molecule has 0 spiro atoms. The average molecular weight is 314 g/mol. The van der Waals surface area contributed by atoms with Crippen LogP contribution < -0.4 is 4.74 Å². The van der Waals surface area contributed by atoms with Crippen LogP contribution in [0, 0.1) is 0 Å². The van der Waals surface area contributed by atoms with Crippen molar-refractivity contribution in [3.05, 3.63) is 28.2 Å². The van der Waals surface area contributed by atoms with Gasteiger partial charge >= 0.3 is 6.61 Å². The van der Waals surface area contributed by atoms with E-state index in [0.29, 0.717) is 4.47 Å². The number of carbonyl (C=O) groups excluding carboxylic acids is 1. The summed E-state index contributed by atoms with van der Waals surface area (Å²) in [6.07, 6.45) is 0. The lowest BCUT2D eigenvalue weighted by atomic mass is 10.1. The van der Waals surface area contributed by atoms with Gasteiger partial charge in [0.2, 0.25) is 0 Å². The van der Waals surface area contributed by atoms with Gasteiger partial charge in [0, 0.05) is 5.56 Å². The number of hydrogen-bond donors (Lipinski definition) is 0. The van der Waals surface area contributed by atoms with Gasteiger partial charge in [0.25, 0.3) is 0 Å². The van der Waals surface area contributed by atoms with E-state index in [1.54, 1.807) is 0 Å². The molecule has 0 fully saturated rings. The normalized spacial score (nSPS) is 12.6. The van der Waals surface area contributed by atoms with E-state index in [0.717, 1.165) is 0 Å². The zero-order chi connectivity index (χ0) is 12.3. The number of ketones is 1. The summed E-state index contributed by atoms with van der Waals surface area (Å²) in [6.45, 7) is -1.42. The number of ether oxygens (including phenoxy) is 1. The number of Topliss-reactive ketones (excluding diaryl/α,β-unsaturated/α-hetero) is 1. The molecule has 0 aromatic heterocycles. The van der Waals surface area contributed by atoms with E-state index in [2.05, 4.69) is 20.7 Å². The first-order valence-electron chi connectivity index (χ1n) is 4.34. The van der Waals surface area contributed by atoms with Crippen LogP contribution in [0.5, 0.6) is 5.75 Å². The highest BCUT2D eigenvalue weighted by molar-refractivity contribution is 9.10. The topological polar surface area (TPSA) is 26.3 Å². The Hall–Kier alpha value is -0.680. The van der Waals surface area contributed by atoms with Gasteiger partial charge in [-0.05, 0) is 41.1 Å². The van der Waals surface area contributed by atoms with Crippen molar-refractivity contribution >= 4 is 33.3 Å². The molecule has 0 amide bonds. The predicted molar refractivity (Wildman–Crippen MR) is 60.4 cm³/mol. The second kappa shape index (κ2) is 5.59. The van der Waals surface area contributed by atoms with Gasteiger partial charge in [0.15, 0.2) is 5.78 Å². The van der Waals surface area contributed by atoms with Gasteiger partial charge in [0.05, 0.1) is 9.85 Å². The summed E-state index contributed by atoms with van der Waals surface area (Å²) in [7, 11) is 0. The highest BCUT2D eigenvalue weighted by Crippen LogP contribution is 2.28. The quantitative estimate of drug-likeness (QED) is 0.623. The third kappa shape index (κ3) is 3.42. The monoisotopic (exact) mass is 312 g/mol. The lowest BCUT2D eigenvalue weighted by Crippen LogP contribution is -2.11. The summed E-state index contributed by atoms with van der Waals surface area (Å²) in [4.78, 5) is 11.5. The van der Waals surface area contributed by atoms with Crippen LogP contribution in [0.2, 0.25) is 0 Å². The summed E-state index contributed by atoms with van der Waals surface area (Å²) in [5.41, 5.74) is 0.237. The van der Waals surface area contributed by atoms with Crippen LogP contribution in [0.15, 0.2) is 22.7 Å². The molecule has 0 aliphatic heterocycles. The van der Waals surface area contributed by atoms with Gasteiger partial charge in [-0.15, -0.1) is 11.6 Å². The van der Waals surface area contributed by atoms with Crippen molar-refractivity contribution in [1.82, 2.24) is 0 Å². The van der Waals surface area contributed by atoms with Crippen LogP contribution in [-0.4, -0.2) is 17.8 Å². The number of benzene rings is 1. The maximum atomic E-state index is 12.0. The van der Waals surface area contributed by atoms with Crippen molar-refractivity contribution in [1.29, 1.82) is 0 Å². The number of hydrogen-bond acceptors (Lipinski definition) is 2. The fourth-order valence-corrected chi connectivity index (χ4v) is 1.54. The zero-order valence-electron chi connectivity index (χ0n) is 8.22. The summed E-state index contributed by atoms with van der Waals surface area (Å²) < 4.78 is 28.7. The van der Waals surface area contributed by atoms with E-state index < -0.39 is 12.0 Å². The predicted octanol–water partition coefficient (Wildman–Crippen LogP) is 3.86. The number of alkyl halides is 3. The first-order chi connectivity index (χ1) is 7.41. The van der Waals surface area contributed by atoms with E-state index in [-0.39, 0.29) is 17.1 Å².